The van der Waals surface area contributed by atoms with Crippen LogP contribution >= 0.6 is 11.6 Å². The number of ether oxygens (including phenoxy) is 1. The van der Waals surface area contributed by atoms with Crippen LogP contribution in [0.25, 0.3) is 0 Å². The predicted octanol–water partition coefficient (Wildman–Crippen LogP) is 3.61. The van der Waals surface area contributed by atoms with Crippen LogP contribution in [0.1, 0.15) is 15.9 Å². The third-order valence-electron chi connectivity index (χ3n) is 3.29. The average Bonchev–Trinajstić information content (AvgIpc) is 2.49. The molecule has 2 rings (SSSR count). The van der Waals surface area contributed by atoms with E-state index >= 15 is 0 Å². The van der Waals surface area contributed by atoms with Gasteiger partial charge < -0.3 is 10.1 Å². The molecule has 0 aliphatic heterocycles. The summed E-state index contributed by atoms with van der Waals surface area (Å²) in [5.41, 5.74) is 0.329. The van der Waals surface area contributed by atoms with Crippen LogP contribution in [0, 0.1) is 11.6 Å². The molecule has 6 heteroatoms. The lowest BCUT2D eigenvalue weighted by Gasteiger charge is -2.18. The van der Waals surface area contributed by atoms with E-state index in [-0.39, 0.29) is 6.61 Å². The molecule has 1 unspecified atom stereocenters. The summed E-state index contributed by atoms with van der Waals surface area (Å²) >= 11 is 5.83. The molecule has 1 amide bonds. The maximum Gasteiger partial charge on any atom is 0.257 e. The molecule has 1 atom stereocenters. The summed E-state index contributed by atoms with van der Waals surface area (Å²) in [6, 6.07) is 9.99. The standard InChI is InChI=1S/C17H16ClF2NO2/c1-23-10-13(9-11-5-7-12(18)8-6-11)21-17(22)16-14(19)3-2-4-15(16)20/h2-8,13H,9-10H2,1H3,(H,21,22). The number of carbonyl (C=O) groups is 1. The smallest absolute Gasteiger partial charge is 0.257 e. The van der Waals surface area contributed by atoms with E-state index in [4.69, 9.17) is 16.3 Å². The van der Waals surface area contributed by atoms with E-state index < -0.39 is 29.1 Å². The summed E-state index contributed by atoms with van der Waals surface area (Å²) in [5, 5.41) is 3.21. The van der Waals surface area contributed by atoms with E-state index in [1.165, 1.54) is 13.2 Å². The lowest BCUT2D eigenvalue weighted by Crippen LogP contribution is -2.40. The fourth-order valence-corrected chi connectivity index (χ4v) is 2.36. The molecular formula is C17H16ClF2NO2. The first-order valence-electron chi connectivity index (χ1n) is 6.99. The van der Waals surface area contributed by atoms with Gasteiger partial charge in [0.25, 0.3) is 5.91 Å². The van der Waals surface area contributed by atoms with Crippen molar-refractivity contribution in [3.05, 3.63) is 70.2 Å². The van der Waals surface area contributed by atoms with Crippen LogP contribution in [-0.4, -0.2) is 25.7 Å². The van der Waals surface area contributed by atoms with E-state index in [0.29, 0.717) is 11.4 Å². The third-order valence-corrected chi connectivity index (χ3v) is 3.54. The molecule has 0 aromatic heterocycles. The van der Waals surface area contributed by atoms with Gasteiger partial charge in [0.1, 0.15) is 17.2 Å². The summed E-state index contributed by atoms with van der Waals surface area (Å²) in [4.78, 5) is 12.1. The number of rotatable bonds is 6. The number of hydrogen-bond donors (Lipinski definition) is 1. The van der Waals surface area contributed by atoms with E-state index in [2.05, 4.69) is 5.32 Å². The summed E-state index contributed by atoms with van der Waals surface area (Å²) in [5.74, 6) is -2.60. The number of carbonyl (C=O) groups excluding carboxylic acids is 1. The number of benzene rings is 2. The topological polar surface area (TPSA) is 38.3 Å². The zero-order valence-electron chi connectivity index (χ0n) is 12.5. The van der Waals surface area contributed by atoms with Gasteiger partial charge in [-0.05, 0) is 36.2 Å². The van der Waals surface area contributed by atoms with Gasteiger partial charge in [-0.2, -0.15) is 0 Å². The molecule has 0 fully saturated rings. The molecule has 0 spiro atoms. The highest BCUT2D eigenvalue weighted by molar-refractivity contribution is 6.30. The fourth-order valence-electron chi connectivity index (χ4n) is 2.23. The second kappa shape index (κ2) is 8.04. The molecule has 0 aliphatic carbocycles. The van der Waals surface area contributed by atoms with Crippen LogP contribution in [0.5, 0.6) is 0 Å². The molecule has 0 bridgehead atoms. The lowest BCUT2D eigenvalue weighted by molar-refractivity contribution is 0.0888. The van der Waals surface area contributed by atoms with Crippen molar-refractivity contribution < 1.29 is 18.3 Å². The third kappa shape index (κ3) is 4.74. The highest BCUT2D eigenvalue weighted by atomic mass is 35.5. The van der Waals surface area contributed by atoms with Gasteiger partial charge in [0.2, 0.25) is 0 Å². The van der Waals surface area contributed by atoms with Crippen LogP contribution in [0.15, 0.2) is 42.5 Å². The molecule has 0 saturated heterocycles. The van der Waals surface area contributed by atoms with Crippen LogP contribution in [-0.2, 0) is 11.2 Å². The molecule has 122 valence electrons. The zero-order valence-corrected chi connectivity index (χ0v) is 13.2. The number of halogens is 3. The Balaban J connectivity index is 2.12. The summed E-state index contributed by atoms with van der Waals surface area (Å²) in [7, 11) is 1.49. The molecule has 23 heavy (non-hydrogen) atoms. The Morgan fingerprint density at radius 2 is 1.78 bits per heavy atom. The number of nitrogens with one attached hydrogen (secondary N) is 1. The average molecular weight is 340 g/mol. The maximum atomic E-state index is 13.7. The summed E-state index contributed by atoms with van der Waals surface area (Å²) < 4.78 is 32.4. The van der Waals surface area contributed by atoms with Gasteiger partial charge >= 0.3 is 0 Å². The monoisotopic (exact) mass is 339 g/mol. The quantitative estimate of drug-likeness (QED) is 0.873. The van der Waals surface area contributed by atoms with Crippen LogP contribution in [0.2, 0.25) is 5.02 Å². The Hall–Kier alpha value is -1.98. The van der Waals surface area contributed by atoms with Crippen LogP contribution in [0.4, 0.5) is 8.78 Å². The molecule has 0 heterocycles. The van der Waals surface area contributed by atoms with E-state index in [1.54, 1.807) is 12.1 Å². The van der Waals surface area contributed by atoms with Gasteiger partial charge in [-0.25, -0.2) is 8.78 Å². The minimum atomic E-state index is -0.898. The summed E-state index contributed by atoms with van der Waals surface area (Å²) in [6.07, 6.45) is 0.451. The van der Waals surface area contributed by atoms with Crippen molar-refractivity contribution >= 4 is 17.5 Å². The van der Waals surface area contributed by atoms with E-state index in [1.807, 2.05) is 12.1 Å². The first-order chi connectivity index (χ1) is 11.0. The fraction of sp³-hybridized carbons (Fsp3) is 0.235. The zero-order chi connectivity index (χ0) is 16.8. The van der Waals surface area contributed by atoms with E-state index in [9.17, 15) is 13.6 Å². The van der Waals surface area contributed by atoms with E-state index in [0.717, 1.165) is 17.7 Å². The second-order valence-electron chi connectivity index (χ2n) is 5.05. The Labute approximate surface area is 138 Å². The van der Waals surface area contributed by atoms with Gasteiger partial charge in [0, 0.05) is 12.1 Å². The van der Waals surface area contributed by atoms with Crippen molar-refractivity contribution in [3.63, 3.8) is 0 Å². The van der Waals surface area contributed by atoms with Crippen molar-refractivity contribution in [2.75, 3.05) is 13.7 Å². The number of methoxy groups -OCH3 is 1. The Morgan fingerprint density at radius 1 is 1.17 bits per heavy atom. The molecule has 0 saturated carbocycles. The van der Waals surface area contributed by atoms with Crippen LogP contribution < -0.4 is 5.32 Å². The Morgan fingerprint density at radius 3 is 2.35 bits per heavy atom. The maximum absolute atomic E-state index is 13.7. The highest BCUT2D eigenvalue weighted by Gasteiger charge is 2.20. The van der Waals surface area contributed by atoms with Crippen molar-refractivity contribution in [3.8, 4) is 0 Å². The van der Waals surface area contributed by atoms with Gasteiger partial charge in [-0.15, -0.1) is 0 Å². The van der Waals surface area contributed by atoms with Gasteiger partial charge in [0.15, 0.2) is 0 Å². The lowest BCUT2D eigenvalue weighted by atomic mass is 10.1. The molecule has 0 radical (unpaired) electrons. The molecule has 2 aromatic rings. The predicted molar refractivity (Wildman–Crippen MR) is 84.6 cm³/mol. The SMILES string of the molecule is COCC(Cc1ccc(Cl)cc1)NC(=O)c1c(F)cccc1F. The highest BCUT2D eigenvalue weighted by Crippen LogP contribution is 2.14. The van der Waals surface area contributed by atoms with Gasteiger partial charge in [-0.3, -0.25) is 4.79 Å². The molecule has 0 aliphatic rings. The van der Waals surface area contributed by atoms with Gasteiger partial charge in [0.05, 0.1) is 12.6 Å². The largest absolute Gasteiger partial charge is 0.383 e. The molecular weight excluding hydrogens is 324 g/mol. The van der Waals surface area contributed by atoms with Crippen molar-refractivity contribution in [1.82, 2.24) is 5.32 Å². The molecule has 1 N–H and O–H groups in total. The van der Waals surface area contributed by atoms with Crippen molar-refractivity contribution in [2.24, 2.45) is 0 Å². The first kappa shape index (κ1) is 17.4. The molecule has 3 nitrogen and oxygen atoms in total. The second-order valence-corrected chi connectivity index (χ2v) is 5.49. The van der Waals surface area contributed by atoms with Crippen molar-refractivity contribution in [2.45, 2.75) is 12.5 Å². The number of amides is 1. The van der Waals surface area contributed by atoms with Crippen molar-refractivity contribution in [1.29, 1.82) is 0 Å². The van der Waals surface area contributed by atoms with Crippen LogP contribution in [0.3, 0.4) is 0 Å². The normalized spacial score (nSPS) is 12.0. The number of hydrogen-bond acceptors (Lipinski definition) is 2. The first-order valence-corrected chi connectivity index (χ1v) is 7.37. The molecule has 2 aromatic carbocycles. The minimum absolute atomic E-state index is 0.213. The van der Waals surface area contributed by atoms with Gasteiger partial charge in [-0.1, -0.05) is 29.8 Å². The Kier molecular flexibility index (Phi) is 6.07. The minimum Gasteiger partial charge on any atom is -0.383 e. The Bertz CT molecular complexity index is 657. The summed E-state index contributed by atoms with van der Waals surface area (Å²) in [6.45, 7) is 0.213.